The lowest BCUT2D eigenvalue weighted by molar-refractivity contribution is 0.348. The fourth-order valence-corrected chi connectivity index (χ4v) is 2.62. The lowest BCUT2D eigenvalue weighted by Crippen LogP contribution is -1.98. The highest BCUT2D eigenvalue weighted by Gasteiger charge is 2.14. The number of nitrogens with zero attached hydrogens (tertiary/aromatic N) is 2. The van der Waals surface area contributed by atoms with Crippen LogP contribution in [0.1, 0.15) is 22.8 Å². The molecule has 0 aliphatic heterocycles. The first-order valence-corrected chi connectivity index (χ1v) is 7.85. The fraction of sp³-hybridized carbons (Fsp3) is 0.263. The van der Waals surface area contributed by atoms with Crippen LogP contribution in [0.5, 0.6) is 11.5 Å². The van der Waals surface area contributed by atoms with E-state index in [0.29, 0.717) is 23.8 Å². The summed E-state index contributed by atoms with van der Waals surface area (Å²) in [6.45, 7) is 0. The van der Waals surface area contributed by atoms with Gasteiger partial charge in [0.15, 0.2) is 17.3 Å². The molecule has 5 nitrogen and oxygen atoms in total. The van der Waals surface area contributed by atoms with Gasteiger partial charge in [-0.1, -0.05) is 47.6 Å². The Kier molecular flexibility index (Phi) is 5.11. The largest absolute Gasteiger partial charge is 0.493 e. The molecule has 5 heteroatoms. The molecule has 0 bridgehead atoms. The Morgan fingerprint density at radius 1 is 0.917 bits per heavy atom. The molecule has 0 fully saturated rings. The maximum Gasteiger partial charge on any atom is 0.231 e. The smallest absolute Gasteiger partial charge is 0.231 e. The van der Waals surface area contributed by atoms with Crippen molar-refractivity contribution in [2.45, 2.75) is 19.3 Å². The summed E-state index contributed by atoms with van der Waals surface area (Å²) in [6, 6.07) is 16.0. The summed E-state index contributed by atoms with van der Waals surface area (Å²) in [4.78, 5) is 4.48. The number of rotatable bonds is 7. The molecule has 2 aromatic carbocycles. The van der Waals surface area contributed by atoms with Gasteiger partial charge in [-0.3, -0.25) is 0 Å². The minimum atomic E-state index is 0.513. The molecule has 0 aliphatic carbocycles. The minimum Gasteiger partial charge on any atom is -0.493 e. The number of ether oxygens (including phenoxy) is 2. The Balaban J connectivity index is 1.68. The first kappa shape index (κ1) is 16.1. The number of benzene rings is 2. The summed E-state index contributed by atoms with van der Waals surface area (Å²) < 4.78 is 16.1. The minimum absolute atomic E-state index is 0.513. The third kappa shape index (κ3) is 3.74. The van der Waals surface area contributed by atoms with Crippen molar-refractivity contribution in [3.05, 3.63) is 71.4 Å². The molecule has 0 spiro atoms. The third-order valence-electron chi connectivity index (χ3n) is 3.82. The van der Waals surface area contributed by atoms with Crippen LogP contribution in [0.3, 0.4) is 0 Å². The fourth-order valence-electron chi connectivity index (χ4n) is 2.62. The summed E-state index contributed by atoms with van der Waals surface area (Å²) in [5, 5.41) is 4.07. The summed E-state index contributed by atoms with van der Waals surface area (Å²) >= 11 is 0. The quantitative estimate of drug-likeness (QED) is 0.666. The van der Waals surface area contributed by atoms with E-state index in [1.54, 1.807) is 14.2 Å². The Morgan fingerprint density at radius 2 is 1.75 bits per heavy atom. The van der Waals surface area contributed by atoms with Gasteiger partial charge in [-0.05, 0) is 18.1 Å². The zero-order valence-corrected chi connectivity index (χ0v) is 13.9. The van der Waals surface area contributed by atoms with Crippen LogP contribution in [-0.2, 0) is 19.3 Å². The molecule has 1 aromatic heterocycles. The van der Waals surface area contributed by atoms with Crippen molar-refractivity contribution in [1.82, 2.24) is 10.1 Å². The molecular formula is C19H20N2O3. The maximum absolute atomic E-state index is 5.44. The second kappa shape index (κ2) is 7.64. The molecule has 0 unspecified atom stereocenters. The zero-order valence-electron chi connectivity index (χ0n) is 13.9. The van der Waals surface area contributed by atoms with Crippen molar-refractivity contribution < 1.29 is 14.0 Å². The molecule has 0 saturated carbocycles. The van der Waals surface area contributed by atoms with Crippen LogP contribution in [0.4, 0.5) is 0 Å². The molecule has 124 valence electrons. The van der Waals surface area contributed by atoms with Crippen molar-refractivity contribution in [3.63, 3.8) is 0 Å². The van der Waals surface area contributed by atoms with Crippen molar-refractivity contribution in [2.75, 3.05) is 14.2 Å². The predicted molar refractivity (Wildman–Crippen MR) is 90.5 cm³/mol. The highest BCUT2D eigenvalue weighted by Crippen LogP contribution is 2.31. The van der Waals surface area contributed by atoms with Gasteiger partial charge in [0.1, 0.15) is 0 Å². The summed E-state index contributed by atoms with van der Waals surface area (Å²) in [6.07, 6.45) is 2.16. The summed E-state index contributed by atoms with van der Waals surface area (Å²) in [7, 11) is 3.25. The Bertz CT molecular complexity index is 784. The number of aryl methyl sites for hydroxylation is 2. The van der Waals surface area contributed by atoms with Crippen LogP contribution < -0.4 is 9.47 Å². The molecule has 3 aromatic rings. The van der Waals surface area contributed by atoms with E-state index in [1.807, 2.05) is 36.4 Å². The number of para-hydroxylation sites is 1. The molecule has 1 heterocycles. The van der Waals surface area contributed by atoms with Gasteiger partial charge in [-0.25, -0.2) is 0 Å². The molecule has 24 heavy (non-hydrogen) atoms. The number of hydrogen-bond donors (Lipinski definition) is 0. The lowest BCUT2D eigenvalue weighted by atomic mass is 10.1. The van der Waals surface area contributed by atoms with E-state index in [4.69, 9.17) is 14.0 Å². The number of aromatic nitrogens is 2. The predicted octanol–water partition coefficient (Wildman–Crippen LogP) is 3.46. The van der Waals surface area contributed by atoms with Crippen LogP contribution >= 0.6 is 0 Å². The first-order chi connectivity index (χ1) is 11.8. The SMILES string of the molecule is COc1cccc(Cc2nc(CCc3ccccc3)no2)c1OC. The zero-order chi connectivity index (χ0) is 16.8. The summed E-state index contributed by atoms with van der Waals surface area (Å²) in [5.74, 6) is 2.68. The van der Waals surface area contributed by atoms with Crippen LogP contribution in [0, 0.1) is 0 Å². The van der Waals surface area contributed by atoms with Gasteiger partial charge in [0, 0.05) is 12.0 Å². The highest BCUT2D eigenvalue weighted by molar-refractivity contribution is 5.47. The summed E-state index contributed by atoms with van der Waals surface area (Å²) in [5.41, 5.74) is 2.22. The third-order valence-corrected chi connectivity index (χ3v) is 3.82. The lowest BCUT2D eigenvalue weighted by Gasteiger charge is -2.10. The highest BCUT2D eigenvalue weighted by atomic mass is 16.5. The van der Waals surface area contributed by atoms with E-state index in [-0.39, 0.29) is 0 Å². The average Bonchev–Trinajstić information content (AvgIpc) is 3.08. The van der Waals surface area contributed by atoms with E-state index in [9.17, 15) is 0 Å². The van der Waals surface area contributed by atoms with Gasteiger partial charge >= 0.3 is 0 Å². The maximum atomic E-state index is 5.44. The molecular weight excluding hydrogens is 304 g/mol. The van der Waals surface area contributed by atoms with Crippen molar-refractivity contribution in [1.29, 1.82) is 0 Å². The van der Waals surface area contributed by atoms with E-state index in [0.717, 1.165) is 24.2 Å². The van der Waals surface area contributed by atoms with Crippen LogP contribution in [0.25, 0.3) is 0 Å². The Labute approximate surface area is 141 Å². The van der Waals surface area contributed by atoms with Gasteiger partial charge in [-0.15, -0.1) is 0 Å². The Morgan fingerprint density at radius 3 is 2.50 bits per heavy atom. The van der Waals surface area contributed by atoms with Crippen LogP contribution in [0.2, 0.25) is 0 Å². The number of methoxy groups -OCH3 is 2. The van der Waals surface area contributed by atoms with E-state index >= 15 is 0 Å². The van der Waals surface area contributed by atoms with Gasteiger partial charge in [0.25, 0.3) is 0 Å². The van der Waals surface area contributed by atoms with Gasteiger partial charge in [-0.2, -0.15) is 4.98 Å². The molecule has 0 radical (unpaired) electrons. The molecule has 0 aliphatic rings. The molecule has 0 N–H and O–H groups in total. The topological polar surface area (TPSA) is 57.4 Å². The Hall–Kier alpha value is -2.82. The van der Waals surface area contributed by atoms with Gasteiger partial charge < -0.3 is 14.0 Å². The van der Waals surface area contributed by atoms with E-state index in [1.165, 1.54) is 5.56 Å². The average molecular weight is 324 g/mol. The molecule has 3 rings (SSSR count). The van der Waals surface area contributed by atoms with Crippen molar-refractivity contribution in [2.24, 2.45) is 0 Å². The second-order valence-electron chi connectivity index (χ2n) is 5.42. The molecule has 0 amide bonds. The van der Waals surface area contributed by atoms with Crippen molar-refractivity contribution >= 4 is 0 Å². The molecule has 0 saturated heterocycles. The number of hydrogen-bond acceptors (Lipinski definition) is 5. The van der Waals surface area contributed by atoms with Crippen molar-refractivity contribution in [3.8, 4) is 11.5 Å². The standard InChI is InChI=1S/C19H20N2O3/c1-22-16-10-6-9-15(19(16)23-2)13-18-20-17(21-24-18)12-11-14-7-4-3-5-8-14/h3-10H,11-13H2,1-2H3. The normalized spacial score (nSPS) is 10.6. The first-order valence-electron chi connectivity index (χ1n) is 7.85. The second-order valence-corrected chi connectivity index (χ2v) is 5.42. The van der Waals surface area contributed by atoms with Gasteiger partial charge in [0.05, 0.1) is 20.6 Å². The van der Waals surface area contributed by atoms with E-state index in [2.05, 4.69) is 22.3 Å². The molecule has 0 atom stereocenters. The van der Waals surface area contributed by atoms with Gasteiger partial charge in [0.2, 0.25) is 5.89 Å². The monoisotopic (exact) mass is 324 g/mol. The van der Waals surface area contributed by atoms with Crippen LogP contribution in [-0.4, -0.2) is 24.4 Å². The van der Waals surface area contributed by atoms with E-state index < -0.39 is 0 Å². The van der Waals surface area contributed by atoms with Crippen LogP contribution in [0.15, 0.2) is 53.1 Å².